The Kier molecular flexibility index (Phi) is 7.87. The molecule has 0 unspecified atom stereocenters. The fourth-order valence-corrected chi connectivity index (χ4v) is 4.64. The molecule has 0 amide bonds. The molecule has 0 bridgehead atoms. The second-order valence-corrected chi connectivity index (χ2v) is 9.69. The number of esters is 1. The lowest BCUT2D eigenvalue weighted by Crippen LogP contribution is -2.08. The number of methoxy groups -OCH3 is 1. The van der Waals surface area contributed by atoms with Crippen molar-refractivity contribution in [1.29, 1.82) is 0 Å². The highest BCUT2D eigenvalue weighted by atomic mass is 35.5. The van der Waals surface area contributed by atoms with Gasteiger partial charge in [-0.15, -0.1) is 0 Å². The molecule has 0 radical (unpaired) electrons. The van der Waals surface area contributed by atoms with E-state index in [0.29, 0.717) is 39.4 Å². The van der Waals surface area contributed by atoms with Gasteiger partial charge in [-0.1, -0.05) is 59.6 Å². The highest BCUT2D eigenvalue weighted by Crippen LogP contribution is 2.31. The Morgan fingerprint density at radius 1 is 0.897 bits per heavy atom. The Hall–Kier alpha value is -4.26. The van der Waals surface area contributed by atoms with Crippen molar-refractivity contribution >= 4 is 29.2 Å². The van der Waals surface area contributed by atoms with Crippen LogP contribution < -0.4 is 4.74 Å². The normalized spacial score (nSPS) is 10.8. The van der Waals surface area contributed by atoms with E-state index in [2.05, 4.69) is 0 Å². The first-order valence-corrected chi connectivity index (χ1v) is 12.9. The van der Waals surface area contributed by atoms with Crippen LogP contribution in [0.1, 0.15) is 21.7 Å². The van der Waals surface area contributed by atoms with E-state index >= 15 is 0 Å². The lowest BCUT2D eigenvalue weighted by Gasteiger charge is -2.10. The van der Waals surface area contributed by atoms with Crippen LogP contribution in [0.5, 0.6) is 11.5 Å². The monoisotopic (exact) mass is 558 g/mol. The van der Waals surface area contributed by atoms with E-state index in [0.717, 1.165) is 22.3 Å². The number of carbonyl (C=O) groups excluding carboxylic acids is 1. The van der Waals surface area contributed by atoms with Crippen molar-refractivity contribution < 1.29 is 19.4 Å². The van der Waals surface area contributed by atoms with Gasteiger partial charge in [-0.3, -0.25) is 0 Å². The zero-order valence-corrected chi connectivity index (χ0v) is 22.5. The molecule has 1 aromatic heterocycles. The minimum atomic E-state index is -0.380. The van der Waals surface area contributed by atoms with Gasteiger partial charge in [-0.05, 0) is 71.3 Å². The van der Waals surface area contributed by atoms with E-state index in [1.54, 1.807) is 36.4 Å². The molecule has 0 aliphatic carbocycles. The van der Waals surface area contributed by atoms with Gasteiger partial charge in [0, 0.05) is 23.3 Å². The van der Waals surface area contributed by atoms with Crippen LogP contribution in [-0.2, 0) is 17.9 Å². The summed E-state index contributed by atoms with van der Waals surface area (Å²) in [6.45, 7) is 0.738. The summed E-state index contributed by atoms with van der Waals surface area (Å²) in [5.74, 6) is 1.25. The van der Waals surface area contributed by atoms with Gasteiger partial charge in [0.1, 0.15) is 23.9 Å². The minimum absolute atomic E-state index is 0.226. The molecule has 5 rings (SSSR count). The molecule has 4 aromatic carbocycles. The number of rotatable bonds is 8. The molecule has 1 heterocycles. The topological polar surface area (TPSA) is 73.6 Å². The molecule has 8 heteroatoms. The van der Waals surface area contributed by atoms with Crippen molar-refractivity contribution in [3.05, 3.63) is 124 Å². The van der Waals surface area contributed by atoms with E-state index in [1.165, 1.54) is 7.11 Å². The van der Waals surface area contributed by atoms with E-state index in [4.69, 9.17) is 37.7 Å². The number of imidazole rings is 1. The Morgan fingerprint density at radius 2 is 1.56 bits per heavy atom. The van der Waals surface area contributed by atoms with Crippen molar-refractivity contribution in [1.82, 2.24) is 9.55 Å². The third-order valence-electron chi connectivity index (χ3n) is 6.22. The fourth-order valence-electron chi connectivity index (χ4n) is 4.14. The maximum atomic E-state index is 11.8. The van der Waals surface area contributed by atoms with Crippen LogP contribution >= 0.6 is 23.2 Å². The summed E-state index contributed by atoms with van der Waals surface area (Å²) in [7, 11) is 1.36. The molecule has 0 spiro atoms. The third-order valence-corrected chi connectivity index (χ3v) is 6.76. The number of nitrogens with zero attached hydrogens (tertiary/aromatic N) is 2. The van der Waals surface area contributed by atoms with Crippen molar-refractivity contribution in [2.45, 2.75) is 13.2 Å². The molecular weight excluding hydrogens is 535 g/mol. The van der Waals surface area contributed by atoms with Crippen molar-refractivity contribution in [3.8, 4) is 33.9 Å². The summed E-state index contributed by atoms with van der Waals surface area (Å²) in [4.78, 5) is 16.6. The highest BCUT2D eigenvalue weighted by molar-refractivity contribution is 6.36. The van der Waals surface area contributed by atoms with Gasteiger partial charge in [0.25, 0.3) is 0 Å². The smallest absolute Gasteiger partial charge is 0.337 e. The predicted octanol–water partition coefficient (Wildman–Crippen LogP) is 7.64. The summed E-state index contributed by atoms with van der Waals surface area (Å²) < 4.78 is 12.9. The molecule has 0 aliphatic heterocycles. The summed E-state index contributed by atoms with van der Waals surface area (Å²) in [6, 6.07) is 27.3. The second kappa shape index (κ2) is 11.6. The standard InChI is InChI=1S/C31H24Cl2N2O4/c1-38-31(37)23-4-2-20(3-5-23)17-35-18-29(27-15-10-24(32)16-28(27)33)34-30(35)19-39-26-13-8-22(9-14-26)21-6-11-25(36)12-7-21/h2-16,18,36H,17,19H2,1H3. The minimum Gasteiger partial charge on any atom is -0.508 e. The maximum absolute atomic E-state index is 11.8. The van der Waals surface area contributed by atoms with Crippen LogP contribution in [0.4, 0.5) is 0 Å². The predicted molar refractivity (Wildman–Crippen MR) is 152 cm³/mol. The number of aromatic nitrogens is 2. The molecule has 196 valence electrons. The van der Waals surface area contributed by atoms with E-state index in [1.807, 2.05) is 65.4 Å². The maximum Gasteiger partial charge on any atom is 0.337 e. The number of halogens is 2. The second-order valence-electron chi connectivity index (χ2n) is 8.84. The first kappa shape index (κ1) is 26.4. The Labute approximate surface area is 236 Å². The number of aromatic hydroxyl groups is 1. The molecule has 6 nitrogen and oxygen atoms in total. The molecule has 1 N–H and O–H groups in total. The van der Waals surface area contributed by atoms with E-state index in [9.17, 15) is 9.90 Å². The zero-order valence-electron chi connectivity index (χ0n) is 21.0. The molecule has 0 saturated carbocycles. The molecule has 0 fully saturated rings. The molecule has 0 aliphatic rings. The zero-order chi connectivity index (χ0) is 27.4. The molecule has 0 saturated heterocycles. The summed E-state index contributed by atoms with van der Waals surface area (Å²) in [5.41, 5.74) is 4.94. The molecule has 5 aromatic rings. The number of carbonyl (C=O) groups is 1. The quantitative estimate of drug-likeness (QED) is 0.198. The average molecular weight is 559 g/mol. The molecule has 39 heavy (non-hydrogen) atoms. The number of ether oxygens (including phenoxy) is 2. The van der Waals surface area contributed by atoms with Crippen LogP contribution in [0.15, 0.2) is 97.2 Å². The first-order valence-electron chi connectivity index (χ1n) is 12.1. The van der Waals surface area contributed by atoms with Gasteiger partial charge in [0.2, 0.25) is 0 Å². The van der Waals surface area contributed by atoms with Crippen molar-refractivity contribution in [2.24, 2.45) is 0 Å². The Morgan fingerprint density at radius 3 is 2.21 bits per heavy atom. The van der Waals surface area contributed by atoms with Crippen LogP contribution in [0, 0.1) is 0 Å². The summed E-state index contributed by atoms with van der Waals surface area (Å²) >= 11 is 12.6. The number of phenolic OH excluding ortho intramolecular Hbond substituents is 1. The van der Waals surface area contributed by atoms with Crippen LogP contribution in [0.25, 0.3) is 22.4 Å². The number of hydrogen-bond acceptors (Lipinski definition) is 5. The fraction of sp³-hybridized carbons (Fsp3) is 0.0968. The van der Waals surface area contributed by atoms with Crippen molar-refractivity contribution in [3.63, 3.8) is 0 Å². The van der Waals surface area contributed by atoms with Crippen LogP contribution in [-0.4, -0.2) is 27.7 Å². The van der Waals surface area contributed by atoms with Gasteiger partial charge in [-0.2, -0.15) is 0 Å². The number of hydrogen-bond donors (Lipinski definition) is 1. The molecular formula is C31H24Cl2N2O4. The lowest BCUT2D eigenvalue weighted by molar-refractivity contribution is 0.0600. The van der Waals surface area contributed by atoms with Gasteiger partial charge < -0.3 is 19.1 Å². The van der Waals surface area contributed by atoms with Crippen LogP contribution in [0.3, 0.4) is 0 Å². The highest BCUT2D eigenvalue weighted by Gasteiger charge is 2.14. The van der Waals surface area contributed by atoms with Crippen LogP contribution in [0.2, 0.25) is 10.0 Å². The number of benzene rings is 4. The summed E-state index contributed by atoms with van der Waals surface area (Å²) in [6.07, 6.45) is 1.93. The van der Waals surface area contributed by atoms with Crippen molar-refractivity contribution in [2.75, 3.05) is 7.11 Å². The SMILES string of the molecule is COC(=O)c1ccc(Cn2cc(-c3ccc(Cl)cc3Cl)nc2COc2ccc(-c3ccc(O)cc3)cc2)cc1. The van der Waals surface area contributed by atoms with Gasteiger partial charge in [0.15, 0.2) is 0 Å². The Balaban J connectivity index is 1.39. The Bertz CT molecular complexity index is 1600. The average Bonchev–Trinajstić information content (AvgIpc) is 3.34. The van der Waals surface area contributed by atoms with E-state index < -0.39 is 0 Å². The van der Waals surface area contributed by atoms with Gasteiger partial charge >= 0.3 is 5.97 Å². The lowest BCUT2D eigenvalue weighted by atomic mass is 10.1. The molecule has 0 atom stereocenters. The number of phenols is 1. The van der Waals surface area contributed by atoms with E-state index in [-0.39, 0.29) is 18.3 Å². The first-order chi connectivity index (χ1) is 18.9. The summed E-state index contributed by atoms with van der Waals surface area (Å²) in [5, 5.41) is 10.6. The largest absolute Gasteiger partial charge is 0.508 e. The van der Waals surface area contributed by atoms with Gasteiger partial charge in [-0.25, -0.2) is 9.78 Å². The van der Waals surface area contributed by atoms with Gasteiger partial charge in [0.05, 0.1) is 23.4 Å². The third kappa shape index (κ3) is 6.25.